The van der Waals surface area contributed by atoms with Gasteiger partial charge in [0, 0.05) is 16.3 Å². The summed E-state index contributed by atoms with van der Waals surface area (Å²) in [6, 6.07) is 10.5. The van der Waals surface area contributed by atoms with Crippen molar-refractivity contribution in [2.75, 3.05) is 22.6 Å². The number of amides is 3. The summed E-state index contributed by atoms with van der Waals surface area (Å²) in [6.07, 6.45) is 0. The third-order valence-electron chi connectivity index (χ3n) is 4.96. The standard InChI is InChI=1S/C23H15Cl3N4O5S/c1-10-18(22(34)35-2)36-23(27-10)29-19(31)11-4-3-5-13(8-11)28-17-16(26)20(32)30(21(17)33)15-9-12(24)6-7-14(15)25/h3-9,28H,1-2H3,(H,27,29,31). The molecule has 0 spiro atoms. The van der Waals surface area contributed by atoms with Gasteiger partial charge in [-0.3, -0.25) is 19.7 Å². The molecule has 0 radical (unpaired) electrons. The number of imide groups is 1. The van der Waals surface area contributed by atoms with Gasteiger partial charge in [-0.05, 0) is 43.3 Å². The first-order valence-corrected chi connectivity index (χ1v) is 12.0. The molecule has 9 nitrogen and oxygen atoms in total. The van der Waals surface area contributed by atoms with Crippen molar-refractivity contribution in [1.82, 2.24) is 4.98 Å². The van der Waals surface area contributed by atoms with Crippen LogP contribution in [0.3, 0.4) is 0 Å². The fraction of sp³-hybridized carbons (Fsp3) is 0.0870. The van der Waals surface area contributed by atoms with E-state index in [9.17, 15) is 19.2 Å². The van der Waals surface area contributed by atoms with Gasteiger partial charge in [-0.15, -0.1) is 0 Å². The zero-order valence-corrected chi connectivity index (χ0v) is 21.6. The van der Waals surface area contributed by atoms with Crippen molar-refractivity contribution in [3.63, 3.8) is 0 Å². The second-order valence-electron chi connectivity index (χ2n) is 7.32. The number of anilines is 3. The predicted octanol–water partition coefficient (Wildman–Crippen LogP) is 5.23. The summed E-state index contributed by atoms with van der Waals surface area (Å²) < 4.78 is 4.70. The van der Waals surface area contributed by atoms with E-state index in [1.807, 2.05) is 0 Å². The van der Waals surface area contributed by atoms with Crippen LogP contribution in [-0.4, -0.2) is 35.8 Å². The molecule has 36 heavy (non-hydrogen) atoms. The number of aromatic nitrogens is 1. The Kier molecular flexibility index (Phi) is 7.32. The summed E-state index contributed by atoms with van der Waals surface area (Å²) in [4.78, 5) is 55.6. The molecular weight excluding hydrogens is 551 g/mol. The van der Waals surface area contributed by atoms with E-state index in [1.165, 1.54) is 37.4 Å². The molecule has 2 heterocycles. The maximum Gasteiger partial charge on any atom is 0.350 e. The van der Waals surface area contributed by atoms with Crippen LogP contribution in [0.2, 0.25) is 10.0 Å². The zero-order chi connectivity index (χ0) is 26.1. The molecule has 2 aromatic carbocycles. The molecule has 4 rings (SSSR count). The lowest BCUT2D eigenvalue weighted by Gasteiger charge is -2.17. The second kappa shape index (κ2) is 10.3. The van der Waals surface area contributed by atoms with Crippen LogP contribution in [0.25, 0.3) is 0 Å². The van der Waals surface area contributed by atoms with E-state index in [0.29, 0.717) is 11.4 Å². The number of ether oxygens (including phenoxy) is 1. The number of rotatable bonds is 6. The van der Waals surface area contributed by atoms with E-state index in [4.69, 9.17) is 39.5 Å². The Morgan fingerprint density at radius 3 is 2.53 bits per heavy atom. The van der Waals surface area contributed by atoms with Crippen LogP contribution in [0.1, 0.15) is 25.7 Å². The molecule has 0 saturated carbocycles. The lowest BCUT2D eigenvalue weighted by molar-refractivity contribution is -0.120. The van der Waals surface area contributed by atoms with Crippen LogP contribution >= 0.6 is 46.1 Å². The molecule has 3 amide bonds. The lowest BCUT2D eigenvalue weighted by Crippen LogP contribution is -2.32. The first-order chi connectivity index (χ1) is 17.1. The highest BCUT2D eigenvalue weighted by atomic mass is 35.5. The van der Waals surface area contributed by atoms with Crippen LogP contribution in [0.5, 0.6) is 0 Å². The number of carbonyl (C=O) groups is 4. The Morgan fingerprint density at radius 1 is 1.06 bits per heavy atom. The summed E-state index contributed by atoms with van der Waals surface area (Å²) in [7, 11) is 1.26. The maximum atomic E-state index is 13.0. The quantitative estimate of drug-likeness (QED) is 0.310. The fourth-order valence-electron chi connectivity index (χ4n) is 3.27. The Hall–Kier alpha value is -3.44. The van der Waals surface area contributed by atoms with Crippen LogP contribution in [0, 0.1) is 6.92 Å². The molecule has 0 aliphatic carbocycles. The van der Waals surface area contributed by atoms with Gasteiger partial charge in [0.25, 0.3) is 17.7 Å². The first-order valence-electron chi connectivity index (χ1n) is 10.1. The van der Waals surface area contributed by atoms with E-state index in [2.05, 4.69) is 15.6 Å². The molecule has 0 fully saturated rings. The monoisotopic (exact) mass is 564 g/mol. The van der Waals surface area contributed by atoms with Gasteiger partial charge in [0.05, 0.1) is 23.5 Å². The van der Waals surface area contributed by atoms with Crippen molar-refractivity contribution in [1.29, 1.82) is 0 Å². The maximum absolute atomic E-state index is 13.0. The normalized spacial score (nSPS) is 13.3. The molecule has 3 aromatic rings. The predicted molar refractivity (Wildman–Crippen MR) is 138 cm³/mol. The number of aryl methyl sites for hydroxylation is 1. The average Bonchev–Trinajstić information content (AvgIpc) is 3.32. The van der Waals surface area contributed by atoms with Crippen LogP contribution < -0.4 is 15.5 Å². The van der Waals surface area contributed by atoms with Gasteiger partial charge in [-0.2, -0.15) is 0 Å². The Balaban J connectivity index is 1.54. The molecular formula is C23H15Cl3N4O5S. The lowest BCUT2D eigenvalue weighted by atomic mass is 10.2. The summed E-state index contributed by atoms with van der Waals surface area (Å²) in [6.45, 7) is 1.63. The van der Waals surface area contributed by atoms with E-state index >= 15 is 0 Å². The van der Waals surface area contributed by atoms with Crippen molar-refractivity contribution in [3.05, 3.63) is 79.4 Å². The zero-order valence-electron chi connectivity index (χ0n) is 18.5. The molecule has 2 N–H and O–H groups in total. The minimum Gasteiger partial charge on any atom is -0.465 e. The summed E-state index contributed by atoms with van der Waals surface area (Å²) in [5.41, 5.74) is 0.867. The van der Waals surface area contributed by atoms with Crippen LogP contribution in [0.15, 0.2) is 53.2 Å². The van der Waals surface area contributed by atoms with Crippen molar-refractivity contribution in [3.8, 4) is 0 Å². The average molecular weight is 566 g/mol. The largest absolute Gasteiger partial charge is 0.465 e. The fourth-order valence-corrected chi connectivity index (χ4v) is 4.73. The van der Waals surface area contributed by atoms with Crippen molar-refractivity contribution in [2.24, 2.45) is 0 Å². The molecule has 0 saturated heterocycles. The highest BCUT2D eigenvalue weighted by Gasteiger charge is 2.40. The molecule has 0 bridgehead atoms. The summed E-state index contributed by atoms with van der Waals surface area (Å²) in [5.74, 6) is -2.57. The van der Waals surface area contributed by atoms with E-state index in [0.717, 1.165) is 16.2 Å². The number of hydrogen-bond acceptors (Lipinski definition) is 8. The van der Waals surface area contributed by atoms with Gasteiger partial charge in [-0.25, -0.2) is 14.7 Å². The number of benzene rings is 2. The Morgan fingerprint density at radius 2 is 1.81 bits per heavy atom. The van der Waals surface area contributed by atoms with E-state index in [1.54, 1.807) is 19.1 Å². The number of nitrogens with one attached hydrogen (secondary N) is 2. The number of nitrogens with zero attached hydrogens (tertiary/aromatic N) is 2. The van der Waals surface area contributed by atoms with Crippen molar-refractivity contribution in [2.45, 2.75) is 6.92 Å². The molecule has 1 aromatic heterocycles. The summed E-state index contributed by atoms with van der Waals surface area (Å²) >= 11 is 19.3. The third-order valence-corrected chi connectivity index (χ3v) is 6.92. The number of esters is 1. The first kappa shape index (κ1) is 25.6. The van der Waals surface area contributed by atoms with Crippen LogP contribution in [-0.2, 0) is 14.3 Å². The van der Waals surface area contributed by atoms with Gasteiger partial charge in [0.1, 0.15) is 15.6 Å². The molecule has 0 atom stereocenters. The SMILES string of the molecule is COC(=O)c1sc(NC(=O)c2cccc(NC3=C(Cl)C(=O)N(c4cc(Cl)ccc4Cl)C3=O)c2)nc1C. The van der Waals surface area contributed by atoms with E-state index in [-0.39, 0.29) is 42.0 Å². The molecule has 184 valence electrons. The van der Waals surface area contributed by atoms with Gasteiger partial charge in [0.2, 0.25) is 0 Å². The molecule has 0 unspecified atom stereocenters. The smallest absolute Gasteiger partial charge is 0.350 e. The topological polar surface area (TPSA) is 118 Å². The summed E-state index contributed by atoms with van der Waals surface area (Å²) in [5, 5.41) is 5.71. The Bertz CT molecular complexity index is 1470. The highest BCUT2D eigenvalue weighted by Crippen LogP contribution is 2.36. The van der Waals surface area contributed by atoms with Gasteiger partial charge < -0.3 is 10.1 Å². The minimum absolute atomic E-state index is 0.0901. The van der Waals surface area contributed by atoms with Gasteiger partial charge in [-0.1, -0.05) is 52.2 Å². The van der Waals surface area contributed by atoms with Crippen molar-refractivity contribution >= 4 is 86.3 Å². The van der Waals surface area contributed by atoms with E-state index < -0.39 is 23.7 Å². The number of hydrogen-bond donors (Lipinski definition) is 2. The minimum atomic E-state index is -0.775. The number of carbonyl (C=O) groups excluding carboxylic acids is 4. The second-order valence-corrected chi connectivity index (χ2v) is 9.54. The Labute approximate surface area is 223 Å². The molecule has 1 aliphatic rings. The number of halogens is 3. The van der Waals surface area contributed by atoms with Gasteiger partial charge in [0.15, 0.2) is 5.13 Å². The van der Waals surface area contributed by atoms with Gasteiger partial charge >= 0.3 is 5.97 Å². The number of methoxy groups -OCH3 is 1. The van der Waals surface area contributed by atoms with Crippen LogP contribution in [0.4, 0.5) is 16.5 Å². The van der Waals surface area contributed by atoms with Crippen molar-refractivity contribution < 1.29 is 23.9 Å². The molecule has 1 aliphatic heterocycles. The third kappa shape index (κ3) is 4.93. The molecule has 13 heteroatoms. The number of thiazole rings is 1. The highest BCUT2D eigenvalue weighted by molar-refractivity contribution is 7.17.